The minimum atomic E-state index is -0.0836. The first-order valence-corrected chi connectivity index (χ1v) is 8.51. The number of hydrogen-bond donors (Lipinski definition) is 1. The van der Waals surface area contributed by atoms with Crippen LogP contribution in [0.4, 0.5) is 0 Å². The van der Waals surface area contributed by atoms with E-state index >= 15 is 0 Å². The first kappa shape index (κ1) is 15.8. The topological polar surface area (TPSA) is 73.4 Å². The SMILES string of the molecule is Cn1ccnc1[C@@H]1OCCC[C@H]1CNC(=O)c1ccc2cncn2c1. The van der Waals surface area contributed by atoms with Gasteiger partial charge in [0.1, 0.15) is 11.9 Å². The van der Waals surface area contributed by atoms with Crippen LogP contribution in [0.3, 0.4) is 0 Å². The van der Waals surface area contributed by atoms with Crippen molar-refractivity contribution < 1.29 is 9.53 Å². The summed E-state index contributed by atoms with van der Waals surface area (Å²) in [6, 6.07) is 3.71. The molecule has 3 aromatic rings. The van der Waals surface area contributed by atoms with Gasteiger partial charge in [-0.15, -0.1) is 0 Å². The number of aromatic nitrogens is 4. The summed E-state index contributed by atoms with van der Waals surface area (Å²) < 4.78 is 9.78. The van der Waals surface area contributed by atoms with E-state index in [2.05, 4.69) is 15.3 Å². The molecule has 0 radical (unpaired) electrons. The van der Waals surface area contributed by atoms with Gasteiger partial charge in [-0.1, -0.05) is 0 Å². The number of carbonyl (C=O) groups excluding carboxylic acids is 1. The standard InChI is InChI=1S/C18H21N5O2/c1-22-7-6-20-17(22)16-13(3-2-8-25-16)9-21-18(24)14-4-5-15-10-19-12-23(15)11-14/h4-7,10-13,16H,2-3,8-9H2,1H3,(H,21,24)/t13-,16+/m0/s1. The van der Waals surface area contributed by atoms with Crippen molar-refractivity contribution in [2.75, 3.05) is 13.2 Å². The van der Waals surface area contributed by atoms with Crippen LogP contribution in [-0.2, 0) is 11.8 Å². The maximum Gasteiger partial charge on any atom is 0.252 e. The number of aryl methyl sites for hydroxylation is 1. The predicted octanol–water partition coefficient (Wildman–Crippen LogP) is 1.97. The van der Waals surface area contributed by atoms with Gasteiger partial charge >= 0.3 is 0 Å². The first-order valence-electron chi connectivity index (χ1n) is 8.51. The molecule has 0 spiro atoms. The number of ether oxygens (including phenoxy) is 1. The van der Waals surface area contributed by atoms with Crippen LogP contribution >= 0.6 is 0 Å². The van der Waals surface area contributed by atoms with Crippen LogP contribution in [0.15, 0.2) is 43.2 Å². The summed E-state index contributed by atoms with van der Waals surface area (Å²) in [5, 5.41) is 3.05. The largest absolute Gasteiger partial charge is 0.370 e. The Kier molecular flexibility index (Phi) is 4.23. The maximum atomic E-state index is 12.5. The smallest absolute Gasteiger partial charge is 0.252 e. The Labute approximate surface area is 145 Å². The van der Waals surface area contributed by atoms with Gasteiger partial charge in [0.25, 0.3) is 5.91 Å². The lowest BCUT2D eigenvalue weighted by molar-refractivity contribution is -0.0337. The summed E-state index contributed by atoms with van der Waals surface area (Å²) >= 11 is 0. The van der Waals surface area contributed by atoms with Gasteiger partial charge < -0.3 is 19.0 Å². The van der Waals surface area contributed by atoms with Crippen molar-refractivity contribution in [3.05, 3.63) is 54.6 Å². The van der Waals surface area contributed by atoms with E-state index in [9.17, 15) is 4.79 Å². The van der Waals surface area contributed by atoms with E-state index in [0.29, 0.717) is 12.1 Å². The highest BCUT2D eigenvalue weighted by Crippen LogP contribution is 2.32. The van der Waals surface area contributed by atoms with Crippen LogP contribution in [0, 0.1) is 5.92 Å². The maximum absolute atomic E-state index is 12.5. The Bertz CT molecular complexity index is 884. The minimum absolute atomic E-state index is 0.0785. The van der Waals surface area contributed by atoms with Crippen molar-refractivity contribution in [1.82, 2.24) is 24.3 Å². The zero-order chi connectivity index (χ0) is 17.2. The number of hydrogen-bond acceptors (Lipinski definition) is 4. The minimum Gasteiger partial charge on any atom is -0.370 e. The Hall–Kier alpha value is -2.67. The summed E-state index contributed by atoms with van der Waals surface area (Å²) in [4.78, 5) is 21.0. The van der Waals surface area contributed by atoms with E-state index in [4.69, 9.17) is 4.74 Å². The van der Waals surface area contributed by atoms with Crippen LogP contribution in [0.25, 0.3) is 5.52 Å². The summed E-state index contributed by atoms with van der Waals surface area (Å²) in [6.07, 6.45) is 10.9. The third-order valence-electron chi connectivity index (χ3n) is 4.75. The second kappa shape index (κ2) is 6.68. The lowest BCUT2D eigenvalue weighted by Crippen LogP contribution is -2.36. The molecule has 0 bridgehead atoms. The number of nitrogens with zero attached hydrogens (tertiary/aromatic N) is 4. The van der Waals surface area contributed by atoms with Gasteiger partial charge in [0.15, 0.2) is 0 Å². The Morgan fingerprint density at radius 1 is 1.44 bits per heavy atom. The fourth-order valence-electron chi connectivity index (χ4n) is 3.37. The molecule has 130 valence electrons. The second-order valence-electron chi connectivity index (χ2n) is 6.44. The van der Waals surface area contributed by atoms with Gasteiger partial charge in [0, 0.05) is 44.7 Å². The number of imidazole rings is 2. The molecule has 0 unspecified atom stereocenters. The molecule has 1 aliphatic rings. The highest BCUT2D eigenvalue weighted by Gasteiger charge is 2.30. The van der Waals surface area contributed by atoms with E-state index in [1.165, 1.54) is 0 Å². The Balaban J connectivity index is 1.45. The average molecular weight is 339 g/mol. The fraction of sp³-hybridized carbons (Fsp3) is 0.389. The second-order valence-corrected chi connectivity index (χ2v) is 6.44. The molecule has 4 rings (SSSR count). The molecule has 1 N–H and O–H groups in total. The molecule has 0 saturated carbocycles. The highest BCUT2D eigenvalue weighted by molar-refractivity contribution is 5.94. The highest BCUT2D eigenvalue weighted by atomic mass is 16.5. The van der Waals surface area contributed by atoms with Gasteiger partial charge in [0.2, 0.25) is 0 Å². The van der Waals surface area contributed by atoms with E-state index < -0.39 is 0 Å². The number of fused-ring (bicyclic) bond motifs is 1. The number of amides is 1. The van der Waals surface area contributed by atoms with E-state index in [1.54, 1.807) is 24.9 Å². The molecule has 7 nitrogen and oxygen atoms in total. The molecule has 2 atom stereocenters. The summed E-state index contributed by atoms with van der Waals surface area (Å²) in [5.74, 6) is 1.05. The lowest BCUT2D eigenvalue weighted by Gasteiger charge is -2.31. The van der Waals surface area contributed by atoms with Gasteiger partial charge in [-0.25, -0.2) is 9.97 Å². The molecule has 3 aromatic heterocycles. The molecule has 1 saturated heterocycles. The molecule has 1 amide bonds. The van der Waals surface area contributed by atoms with Gasteiger partial charge in [0.05, 0.1) is 23.6 Å². The molecule has 7 heteroatoms. The molecule has 1 fully saturated rings. The number of carbonyl (C=O) groups is 1. The lowest BCUT2D eigenvalue weighted by atomic mass is 9.93. The van der Waals surface area contributed by atoms with Gasteiger partial charge in [-0.2, -0.15) is 0 Å². The zero-order valence-corrected chi connectivity index (χ0v) is 14.1. The van der Waals surface area contributed by atoms with E-state index in [0.717, 1.165) is 30.8 Å². The first-order chi connectivity index (χ1) is 12.2. The van der Waals surface area contributed by atoms with Crippen molar-refractivity contribution in [1.29, 1.82) is 0 Å². The fourth-order valence-corrected chi connectivity index (χ4v) is 3.37. The Morgan fingerprint density at radius 2 is 2.36 bits per heavy atom. The monoisotopic (exact) mass is 339 g/mol. The summed E-state index contributed by atoms with van der Waals surface area (Å²) in [6.45, 7) is 1.30. The van der Waals surface area contributed by atoms with Crippen LogP contribution in [0.1, 0.15) is 35.1 Å². The van der Waals surface area contributed by atoms with Crippen LogP contribution in [0.5, 0.6) is 0 Å². The van der Waals surface area contributed by atoms with Gasteiger partial charge in [-0.3, -0.25) is 4.79 Å². The molecule has 0 aliphatic carbocycles. The normalized spacial score (nSPS) is 20.7. The van der Waals surface area contributed by atoms with Crippen molar-refractivity contribution in [3.8, 4) is 0 Å². The third kappa shape index (κ3) is 3.15. The Morgan fingerprint density at radius 3 is 3.20 bits per heavy atom. The zero-order valence-electron chi connectivity index (χ0n) is 14.1. The number of rotatable bonds is 4. The van der Waals surface area contributed by atoms with Crippen LogP contribution in [-0.4, -0.2) is 38.0 Å². The van der Waals surface area contributed by atoms with Crippen LogP contribution in [0.2, 0.25) is 0 Å². The quantitative estimate of drug-likeness (QED) is 0.789. The molecular formula is C18H21N5O2. The average Bonchev–Trinajstić information content (AvgIpc) is 3.27. The van der Waals surface area contributed by atoms with Crippen molar-refractivity contribution in [3.63, 3.8) is 0 Å². The van der Waals surface area contributed by atoms with Gasteiger partial charge in [-0.05, 0) is 25.0 Å². The van der Waals surface area contributed by atoms with Crippen molar-refractivity contribution >= 4 is 11.4 Å². The number of nitrogens with one attached hydrogen (secondary N) is 1. The molecule has 4 heterocycles. The molecule has 1 aliphatic heterocycles. The van der Waals surface area contributed by atoms with Crippen molar-refractivity contribution in [2.45, 2.75) is 18.9 Å². The van der Waals surface area contributed by atoms with Crippen molar-refractivity contribution in [2.24, 2.45) is 13.0 Å². The van der Waals surface area contributed by atoms with E-state index in [1.807, 2.05) is 34.3 Å². The number of pyridine rings is 1. The van der Waals surface area contributed by atoms with E-state index in [-0.39, 0.29) is 17.9 Å². The molecule has 0 aromatic carbocycles. The predicted molar refractivity (Wildman–Crippen MR) is 92.2 cm³/mol. The molecule has 25 heavy (non-hydrogen) atoms. The van der Waals surface area contributed by atoms with Crippen LogP contribution < -0.4 is 5.32 Å². The summed E-state index contributed by atoms with van der Waals surface area (Å²) in [5.41, 5.74) is 1.59. The molecular weight excluding hydrogens is 318 g/mol. The third-order valence-corrected chi connectivity index (χ3v) is 4.75. The summed E-state index contributed by atoms with van der Waals surface area (Å²) in [7, 11) is 1.97.